The molecule has 0 nitrogen and oxygen atoms in total. The van der Waals surface area contributed by atoms with E-state index >= 15 is 0 Å². The third kappa shape index (κ3) is 2.45. The van der Waals surface area contributed by atoms with Crippen LogP contribution in [-0.2, 0) is 5.41 Å². The van der Waals surface area contributed by atoms with Gasteiger partial charge in [0.1, 0.15) is 0 Å². The van der Waals surface area contributed by atoms with Gasteiger partial charge in [0, 0.05) is 4.83 Å². The Kier molecular flexibility index (Phi) is 3.68. The average Bonchev–Trinajstić information content (AvgIpc) is 2.28. The van der Waals surface area contributed by atoms with Gasteiger partial charge in [-0.1, -0.05) is 67.9 Å². The molecule has 1 aromatic rings. The first-order valence-corrected chi connectivity index (χ1v) is 7.58. The molecule has 1 heteroatoms. The number of hydrogen-bond acceptors (Lipinski definition) is 0. The smallest absolute Gasteiger partial charge is 0.0237 e. The molecule has 0 saturated heterocycles. The summed E-state index contributed by atoms with van der Waals surface area (Å²) >= 11 is 3.91. The zero-order valence-corrected chi connectivity index (χ0v) is 12.9. The minimum Gasteiger partial charge on any atom is -0.0881 e. The Bertz CT molecular complexity index is 392. The molecular formula is C16H23Br. The third-order valence-electron chi connectivity index (χ3n) is 4.19. The maximum absolute atomic E-state index is 3.91. The lowest BCUT2D eigenvalue weighted by atomic mass is 9.67. The van der Waals surface area contributed by atoms with Crippen molar-refractivity contribution in [3.05, 3.63) is 35.4 Å². The molecule has 1 aromatic carbocycles. The Morgan fingerprint density at radius 3 is 2.53 bits per heavy atom. The van der Waals surface area contributed by atoms with E-state index in [2.05, 4.69) is 67.9 Å². The van der Waals surface area contributed by atoms with Crippen LogP contribution in [0.3, 0.4) is 0 Å². The standard InChI is InChI=1S/C16H23Br/c1-11(2)15(17)13-9-10-16(3,4)14-8-6-5-7-12(13)14/h5-8,11,13,15H,9-10H2,1-4H3. The number of alkyl halides is 1. The summed E-state index contributed by atoms with van der Waals surface area (Å²) in [6, 6.07) is 9.02. The van der Waals surface area contributed by atoms with E-state index in [4.69, 9.17) is 0 Å². The quantitative estimate of drug-likeness (QED) is 0.653. The Labute approximate surface area is 114 Å². The van der Waals surface area contributed by atoms with Crippen molar-refractivity contribution in [2.24, 2.45) is 5.92 Å². The second-order valence-electron chi connectivity index (χ2n) is 6.30. The van der Waals surface area contributed by atoms with Crippen LogP contribution in [0.5, 0.6) is 0 Å². The Hall–Kier alpha value is -0.300. The normalized spacial score (nSPS) is 24.5. The van der Waals surface area contributed by atoms with Gasteiger partial charge in [0.05, 0.1) is 0 Å². The molecule has 0 amide bonds. The first kappa shape index (κ1) is 13.1. The first-order valence-electron chi connectivity index (χ1n) is 6.67. The summed E-state index contributed by atoms with van der Waals surface area (Å²) in [5, 5.41) is 0. The number of rotatable bonds is 2. The lowest BCUT2D eigenvalue weighted by Crippen LogP contribution is -2.31. The molecule has 2 rings (SSSR count). The van der Waals surface area contributed by atoms with Gasteiger partial charge in [-0.25, -0.2) is 0 Å². The highest BCUT2D eigenvalue weighted by atomic mass is 79.9. The second kappa shape index (κ2) is 4.76. The molecule has 1 aliphatic carbocycles. The van der Waals surface area contributed by atoms with Crippen LogP contribution in [0.15, 0.2) is 24.3 Å². The van der Waals surface area contributed by atoms with E-state index < -0.39 is 0 Å². The van der Waals surface area contributed by atoms with E-state index in [9.17, 15) is 0 Å². The van der Waals surface area contributed by atoms with Crippen LogP contribution in [0.25, 0.3) is 0 Å². The van der Waals surface area contributed by atoms with Gasteiger partial charge in [-0.15, -0.1) is 0 Å². The van der Waals surface area contributed by atoms with Crippen molar-refractivity contribution in [1.29, 1.82) is 0 Å². The lowest BCUT2D eigenvalue weighted by Gasteiger charge is -2.39. The molecule has 0 spiro atoms. The van der Waals surface area contributed by atoms with Crippen LogP contribution in [0.2, 0.25) is 0 Å². The molecule has 1 aliphatic rings. The van der Waals surface area contributed by atoms with Gasteiger partial charge < -0.3 is 0 Å². The van der Waals surface area contributed by atoms with E-state index in [1.165, 1.54) is 12.8 Å². The van der Waals surface area contributed by atoms with Crippen molar-refractivity contribution in [3.8, 4) is 0 Å². The van der Waals surface area contributed by atoms with E-state index in [1.54, 1.807) is 11.1 Å². The van der Waals surface area contributed by atoms with E-state index in [0.29, 0.717) is 22.1 Å². The van der Waals surface area contributed by atoms with Crippen molar-refractivity contribution in [3.63, 3.8) is 0 Å². The predicted molar refractivity (Wildman–Crippen MR) is 79.0 cm³/mol. The minimum atomic E-state index is 0.344. The molecule has 2 unspecified atom stereocenters. The fraction of sp³-hybridized carbons (Fsp3) is 0.625. The van der Waals surface area contributed by atoms with Crippen molar-refractivity contribution < 1.29 is 0 Å². The fourth-order valence-electron chi connectivity index (χ4n) is 3.04. The average molecular weight is 295 g/mol. The van der Waals surface area contributed by atoms with Gasteiger partial charge in [0.15, 0.2) is 0 Å². The largest absolute Gasteiger partial charge is 0.0881 e. The second-order valence-corrected chi connectivity index (χ2v) is 7.36. The van der Waals surface area contributed by atoms with Gasteiger partial charge in [-0.3, -0.25) is 0 Å². The monoisotopic (exact) mass is 294 g/mol. The van der Waals surface area contributed by atoms with Gasteiger partial charge in [-0.05, 0) is 41.2 Å². The van der Waals surface area contributed by atoms with Crippen LogP contribution in [0.1, 0.15) is 57.6 Å². The summed E-state index contributed by atoms with van der Waals surface area (Å²) in [4.78, 5) is 0.597. The molecule has 0 aromatic heterocycles. The van der Waals surface area contributed by atoms with Crippen molar-refractivity contribution >= 4 is 15.9 Å². The number of fused-ring (bicyclic) bond motifs is 1. The lowest BCUT2D eigenvalue weighted by molar-refractivity contribution is 0.369. The van der Waals surface area contributed by atoms with Crippen LogP contribution in [0, 0.1) is 5.92 Å². The van der Waals surface area contributed by atoms with E-state index in [1.807, 2.05) is 0 Å². The third-order valence-corrected chi connectivity index (χ3v) is 5.89. The molecule has 94 valence electrons. The zero-order chi connectivity index (χ0) is 12.6. The van der Waals surface area contributed by atoms with Crippen molar-refractivity contribution in [2.45, 2.75) is 56.7 Å². The van der Waals surface area contributed by atoms with Crippen LogP contribution < -0.4 is 0 Å². The van der Waals surface area contributed by atoms with Gasteiger partial charge in [-0.2, -0.15) is 0 Å². The van der Waals surface area contributed by atoms with Crippen LogP contribution in [-0.4, -0.2) is 4.83 Å². The predicted octanol–water partition coefficient (Wildman–Crippen LogP) is 5.26. The Morgan fingerprint density at radius 1 is 1.24 bits per heavy atom. The summed E-state index contributed by atoms with van der Waals surface area (Å²) in [5.74, 6) is 1.37. The summed E-state index contributed by atoms with van der Waals surface area (Å²) in [5.41, 5.74) is 3.47. The molecule has 17 heavy (non-hydrogen) atoms. The minimum absolute atomic E-state index is 0.344. The Balaban J connectivity index is 2.42. The van der Waals surface area contributed by atoms with Crippen LogP contribution >= 0.6 is 15.9 Å². The Morgan fingerprint density at radius 2 is 1.88 bits per heavy atom. The highest BCUT2D eigenvalue weighted by Gasteiger charge is 2.35. The molecule has 0 fully saturated rings. The van der Waals surface area contributed by atoms with Gasteiger partial charge >= 0.3 is 0 Å². The summed E-state index contributed by atoms with van der Waals surface area (Å²) in [7, 11) is 0. The van der Waals surface area contributed by atoms with Gasteiger partial charge in [0.2, 0.25) is 0 Å². The van der Waals surface area contributed by atoms with Crippen molar-refractivity contribution in [2.75, 3.05) is 0 Å². The number of halogens is 1. The molecule has 0 bridgehead atoms. The summed E-state index contributed by atoms with van der Waals surface area (Å²) < 4.78 is 0. The molecular weight excluding hydrogens is 272 g/mol. The maximum Gasteiger partial charge on any atom is 0.0237 e. The molecule has 0 saturated carbocycles. The van der Waals surface area contributed by atoms with Crippen molar-refractivity contribution in [1.82, 2.24) is 0 Å². The maximum atomic E-state index is 3.91. The summed E-state index contributed by atoms with van der Waals surface area (Å²) in [6.07, 6.45) is 2.60. The van der Waals surface area contributed by atoms with E-state index in [-0.39, 0.29) is 0 Å². The highest BCUT2D eigenvalue weighted by Crippen LogP contribution is 2.46. The molecule has 0 radical (unpaired) electrons. The number of hydrogen-bond donors (Lipinski definition) is 0. The molecule has 0 aliphatic heterocycles. The molecule has 0 heterocycles. The highest BCUT2D eigenvalue weighted by molar-refractivity contribution is 9.09. The number of benzene rings is 1. The van der Waals surface area contributed by atoms with Gasteiger partial charge in [0.25, 0.3) is 0 Å². The fourth-order valence-corrected chi connectivity index (χ4v) is 3.59. The zero-order valence-electron chi connectivity index (χ0n) is 11.3. The first-order chi connectivity index (χ1) is 7.93. The topological polar surface area (TPSA) is 0 Å². The van der Waals surface area contributed by atoms with Crippen LogP contribution in [0.4, 0.5) is 0 Å². The van der Waals surface area contributed by atoms with E-state index in [0.717, 1.165) is 0 Å². The summed E-state index contributed by atoms with van der Waals surface area (Å²) in [6.45, 7) is 9.37. The molecule has 0 N–H and O–H groups in total. The molecule has 2 atom stereocenters. The SMILES string of the molecule is CC(C)C(Br)C1CCC(C)(C)c2ccccc21.